The van der Waals surface area contributed by atoms with Crippen LogP contribution in [0.5, 0.6) is 0 Å². The maximum Gasteiger partial charge on any atom is 0.226 e. The molecule has 104 valence electrons. The first-order chi connectivity index (χ1) is 9.56. The highest BCUT2D eigenvalue weighted by Gasteiger charge is 2.13. The van der Waals surface area contributed by atoms with E-state index < -0.39 is 11.9 Å². The van der Waals surface area contributed by atoms with Crippen LogP contribution in [0.15, 0.2) is 48.5 Å². The maximum atomic E-state index is 13.1. The lowest BCUT2D eigenvalue weighted by Gasteiger charge is -2.12. The summed E-state index contributed by atoms with van der Waals surface area (Å²) in [4.78, 5) is 11.9. The molecular weight excluding hydrogens is 279 g/mol. The molecule has 0 saturated heterocycles. The fourth-order valence-electron chi connectivity index (χ4n) is 1.81. The predicted octanol–water partition coefficient (Wildman–Crippen LogP) is 3.51. The number of nitrogens with one attached hydrogen (secondary N) is 1. The van der Waals surface area contributed by atoms with Gasteiger partial charge in [-0.1, -0.05) is 41.9 Å². The quantitative estimate of drug-likeness (QED) is 0.906. The van der Waals surface area contributed by atoms with Crippen molar-refractivity contribution in [1.29, 1.82) is 0 Å². The van der Waals surface area contributed by atoms with Gasteiger partial charge in [0, 0.05) is 12.5 Å². The van der Waals surface area contributed by atoms with E-state index in [1.54, 1.807) is 0 Å². The Morgan fingerprint density at radius 1 is 1.25 bits per heavy atom. The Hall–Kier alpha value is -1.91. The number of rotatable bonds is 4. The van der Waals surface area contributed by atoms with Gasteiger partial charge >= 0.3 is 0 Å². The summed E-state index contributed by atoms with van der Waals surface area (Å²) >= 11 is 5.88. The molecule has 0 heterocycles. The number of hydrogen-bond donors (Lipinski definition) is 2. The van der Waals surface area contributed by atoms with Gasteiger partial charge < -0.3 is 11.1 Å². The van der Waals surface area contributed by atoms with Crippen molar-refractivity contribution in [1.82, 2.24) is 0 Å². The molecule has 0 aromatic heterocycles. The summed E-state index contributed by atoms with van der Waals surface area (Å²) in [5.74, 6) is -0.772. The van der Waals surface area contributed by atoms with Gasteiger partial charge in [0.2, 0.25) is 5.91 Å². The largest absolute Gasteiger partial charge is 0.325 e. The number of amides is 1. The molecule has 2 rings (SSSR count). The van der Waals surface area contributed by atoms with Crippen LogP contribution in [0.1, 0.15) is 18.0 Å². The molecule has 2 aromatic rings. The van der Waals surface area contributed by atoms with Crippen molar-refractivity contribution in [3.05, 3.63) is 64.9 Å². The summed E-state index contributed by atoms with van der Waals surface area (Å²) in [5.41, 5.74) is 7.07. The van der Waals surface area contributed by atoms with Crippen LogP contribution >= 0.6 is 11.6 Å². The predicted molar refractivity (Wildman–Crippen MR) is 78.0 cm³/mol. The lowest BCUT2D eigenvalue weighted by molar-refractivity contribution is -0.116. The molecule has 20 heavy (non-hydrogen) atoms. The highest BCUT2D eigenvalue weighted by molar-refractivity contribution is 6.33. The second kappa shape index (κ2) is 6.50. The lowest BCUT2D eigenvalue weighted by Crippen LogP contribution is -2.20. The Labute approximate surface area is 121 Å². The van der Waals surface area contributed by atoms with E-state index in [4.69, 9.17) is 17.3 Å². The van der Waals surface area contributed by atoms with E-state index in [0.717, 1.165) is 5.56 Å². The molecular formula is C15H14ClFN2O. The third kappa shape index (κ3) is 3.79. The highest BCUT2D eigenvalue weighted by Crippen LogP contribution is 2.23. The van der Waals surface area contributed by atoms with Crippen molar-refractivity contribution in [2.24, 2.45) is 5.73 Å². The highest BCUT2D eigenvalue weighted by atomic mass is 35.5. The van der Waals surface area contributed by atoms with E-state index in [9.17, 15) is 9.18 Å². The molecule has 3 N–H and O–H groups in total. The zero-order valence-electron chi connectivity index (χ0n) is 10.6. The van der Waals surface area contributed by atoms with E-state index in [2.05, 4.69) is 5.32 Å². The first kappa shape index (κ1) is 14.5. The third-order valence-electron chi connectivity index (χ3n) is 2.84. The minimum atomic E-state index is -0.461. The van der Waals surface area contributed by atoms with Crippen molar-refractivity contribution in [2.75, 3.05) is 5.32 Å². The van der Waals surface area contributed by atoms with Crippen molar-refractivity contribution >= 4 is 23.2 Å². The van der Waals surface area contributed by atoms with Crippen molar-refractivity contribution in [3.8, 4) is 0 Å². The number of carbonyl (C=O) groups is 1. The monoisotopic (exact) mass is 292 g/mol. The topological polar surface area (TPSA) is 55.1 Å². The molecule has 0 spiro atoms. The van der Waals surface area contributed by atoms with Crippen LogP contribution in [-0.4, -0.2) is 5.91 Å². The van der Waals surface area contributed by atoms with Crippen LogP contribution in [0.3, 0.4) is 0 Å². The molecule has 1 atom stereocenters. The SMILES string of the molecule is NC(CC(=O)Nc1cc(F)ccc1Cl)c1ccccc1. The molecule has 0 aliphatic rings. The fraction of sp³-hybridized carbons (Fsp3) is 0.133. The Morgan fingerprint density at radius 3 is 2.65 bits per heavy atom. The number of hydrogen-bond acceptors (Lipinski definition) is 2. The fourth-order valence-corrected chi connectivity index (χ4v) is 1.98. The Balaban J connectivity index is 2.01. The van der Waals surface area contributed by atoms with E-state index in [0.29, 0.717) is 0 Å². The molecule has 2 aromatic carbocycles. The number of carbonyl (C=O) groups excluding carboxylic acids is 1. The van der Waals surface area contributed by atoms with Gasteiger partial charge in [-0.3, -0.25) is 4.79 Å². The van der Waals surface area contributed by atoms with Gasteiger partial charge in [-0.2, -0.15) is 0 Å². The Bertz CT molecular complexity index is 604. The zero-order valence-corrected chi connectivity index (χ0v) is 11.4. The van der Waals surface area contributed by atoms with Crippen LogP contribution in [0.2, 0.25) is 5.02 Å². The summed E-state index contributed by atoms with van der Waals surface area (Å²) in [6.45, 7) is 0. The van der Waals surface area contributed by atoms with Gasteiger partial charge in [-0.25, -0.2) is 4.39 Å². The van der Waals surface area contributed by atoms with E-state index in [1.165, 1.54) is 18.2 Å². The van der Waals surface area contributed by atoms with Gasteiger partial charge in [0.05, 0.1) is 10.7 Å². The Kier molecular flexibility index (Phi) is 4.71. The number of halogens is 2. The molecule has 0 saturated carbocycles. The molecule has 5 heteroatoms. The van der Waals surface area contributed by atoms with Crippen molar-refractivity contribution in [2.45, 2.75) is 12.5 Å². The van der Waals surface area contributed by atoms with Gasteiger partial charge in [0.1, 0.15) is 5.82 Å². The number of anilines is 1. The van der Waals surface area contributed by atoms with Crippen LogP contribution in [0.4, 0.5) is 10.1 Å². The zero-order chi connectivity index (χ0) is 14.5. The Morgan fingerprint density at radius 2 is 1.95 bits per heavy atom. The first-order valence-corrected chi connectivity index (χ1v) is 6.49. The van der Waals surface area contributed by atoms with E-state index >= 15 is 0 Å². The van der Waals surface area contributed by atoms with Gasteiger partial charge in [0.15, 0.2) is 0 Å². The average Bonchev–Trinajstić information content (AvgIpc) is 2.43. The number of benzene rings is 2. The molecule has 0 aliphatic carbocycles. The second-order valence-corrected chi connectivity index (χ2v) is 4.80. The molecule has 0 bridgehead atoms. The van der Waals surface area contributed by atoms with Gasteiger partial charge in [-0.15, -0.1) is 0 Å². The third-order valence-corrected chi connectivity index (χ3v) is 3.17. The van der Waals surface area contributed by atoms with Gasteiger partial charge in [-0.05, 0) is 23.8 Å². The first-order valence-electron chi connectivity index (χ1n) is 6.11. The minimum Gasteiger partial charge on any atom is -0.325 e. The minimum absolute atomic E-state index is 0.0941. The average molecular weight is 293 g/mol. The molecule has 1 unspecified atom stereocenters. The summed E-state index contributed by atoms with van der Waals surface area (Å²) in [6, 6.07) is 12.7. The van der Waals surface area contributed by atoms with Crippen molar-refractivity contribution < 1.29 is 9.18 Å². The summed E-state index contributed by atoms with van der Waals surface area (Å²) in [5, 5.41) is 2.85. The molecule has 1 amide bonds. The number of nitrogens with two attached hydrogens (primary N) is 1. The molecule has 3 nitrogen and oxygen atoms in total. The van der Waals surface area contributed by atoms with Crippen LogP contribution in [0, 0.1) is 5.82 Å². The standard InChI is InChI=1S/C15H14ClFN2O/c16-12-7-6-11(17)8-14(12)19-15(20)9-13(18)10-4-2-1-3-5-10/h1-8,13H,9,18H2,(H,19,20). The van der Waals surface area contributed by atoms with E-state index in [1.807, 2.05) is 30.3 Å². The lowest BCUT2D eigenvalue weighted by atomic mass is 10.0. The molecule has 0 fully saturated rings. The molecule has 0 aliphatic heterocycles. The summed E-state index contributed by atoms with van der Waals surface area (Å²) in [6.07, 6.45) is 0.0941. The van der Waals surface area contributed by atoms with Crippen LogP contribution in [-0.2, 0) is 4.79 Å². The second-order valence-electron chi connectivity index (χ2n) is 4.39. The van der Waals surface area contributed by atoms with E-state index in [-0.39, 0.29) is 23.0 Å². The normalized spacial score (nSPS) is 11.9. The smallest absolute Gasteiger partial charge is 0.226 e. The van der Waals surface area contributed by atoms with Crippen LogP contribution in [0.25, 0.3) is 0 Å². The van der Waals surface area contributed by atoms with Crippen molar-refractivity contribution in [3.63, 3.8) is 0 Å². The molecule has 0 radical (unpaired) electrons. The van der Waals surface area contributed by atoms with Crippen LogP contribution < -0.4 is 11.1 Å². The van der Waals surface area contributed by atoms with Gasteiger partial charge in [0.25, 0.3) is 0 Å². The maximum absolute atomic E-state index is 13.1. The summed E-state index contributed by atoms with van der Waals surface area (Å²) < 4.78 is 13.1. The summed E-state index contributed by atoms with van der Waals surface area (Å²) in [7, 11) is 0.